The summed E-state index contributed by atoms with van der Waals surface area (Å²) >= 11 is 13.5. The first-order valence-corrected chi connectivity index (χ1v) is 8.90. The maximum atomic E-state index is 11.7. The largest absolute Gasteiger partial charge is 0.365 e. The predicted octanol–water partition coefficient (Wildman–Crippen LogP) is 6.10. The number of benzene rings is 2. The zero-order valence-electron chi connectivity index (χ0n) is 13.2. The number of hydrogen-bond donors (Lipinski definition) is 1. The minimum absolute atomic E-state index is 0.425. The molecule has 2 aromatic carbocycles. The molecule has 2 N–H and O–H groups in total. The van der Waals surface area contributed by atoms with Crippen LogP contribution in [0.25, 0.3) is 21.6 Å². The molecule has 0 bridgehead atoms. The molecule has 2 nitrogen and oxygen atoms in total. The van der Waals surface area contributed by atoms with E-state index in [-0.39, 0.29) is 0 Å². The van der Waals surface area contributed by atoms with Crippen LogP contribution < -0.4 is 5.73 Å². The number of amides is 1. The molecular formula is C19H15Cl2NOS. The van der Waals surface area contributed by atoms with Crippen molar-refractivity contribution < 1.29 is 4.79 Å². The van der Waals surface area contributed by atoms with Gasteiger partial charge in [0.15, 0.2) is 0 Å². The minimum Gasteiger partial charge on any atom is -0.365 e. The van der Waals surface area contributed by atoms with Gasteiger partial charge in [-0.15, -0.1) is 11.3 Å². The summed E-state index contributed by atoms with van der Waals surface area (Å²) in [6.07, 6.45) is 0. The van der Waals surface area contributed by atoms with Crippen molar-refractivity contribution in [2.45, 2.75) is 13.8 Å². The molecule has 0 saturated heterocycles. The molecule has 122 valence electrons. The number of halogens is 2. The third-order valence-electron chi connectivity index (χ3n) is 3.89. The van der Waals surface area contributed by atoms with Gasteiger partial charge >= 0.3 is 0 Å². The normalized spacial score (nSPS) is 10.8. The van der Waals surface area contributed by atoms with Gasteiger partial charge < -0.3 is 5.73 Å². The molecular weight excluding hydrogens is 361 g/mol. The molecule has 1 heterocycles. The lowest BCUT2D eigenvalue weighted by molar-refractivity contribution is 0.100. The zero-order chi connectivity index (χ0) is 17.4. The first kappa shape index (κ1) is 17.0. The summed E-state index contributed by atoms with van der Waals surface area (Å²) in [5, 5.41) is 1.37. The molecule has 1 aromatic heterocycles. The van der Waals surface area contributed by atoms with Crippen molar-refractivity contribution in [3.63, 3.8) is 0 Å². The van der Waals surface area contributed by atoms with Crippen LogP contribution >= 0.6 is 34.5 Å². The standard InChI is InChI=1S/C19H15Cl2NOS/c1-10-7-12(20)3-5-14(10)16-9-17(19(22)23)24-18(16)15-6-4-13(21)8-11(15)2/h3-9H,1-2H3,(H2,22,23). The Labute approximate surface area is 154 Å². The Kier molecular flexibility index (Phi) is 4.68. The van der Waals surface area contributed by atoms with Crippen LogP contribution in [0, 0.1) is 13.8 Å². The van der Waals surface area contributed by atoms with E-state index in [4.69, 9.17) is 28.9 Å². The van der Waals surface area contributed by atoms with Gasteiger partial charge in [-0.2, -0.15) is 0 Å². The summed E-state index contributed by atoms with van der Waals surface area (Å²) in [4.78, 5) is 13.2. The summed E-state index contributed by atoms with van der Waals surface area (Å²) in [6.45, 7) is 4.00. The third kappa shape index (κ3) is 3.20. The van der Waals surface area contributed by atoms with E-state index in [2.05, 4.69) is 0 Å². The molecule has 0 unspecified atom stereocenters. The molecule has 0 radical (unpaired) electrons. The van der Waals surface area contributed by atoms with E-state index >= 15 is 0 Å². The lowest BCUT2D eigenvalue weighted by Gasteiger charge is -2.10. The summed E-state index contributed by atoms with van der Waals surface area (Å²) in [5.41, 5.74) is 10.7. The molecule has 0 fully saturated rings. The molecule has 3 rings (SSSR count). The number of rotatable bonds is 3. The van der Waals surface area contributed by atoms with Gasteiger partial charge in [-0.25, -0.2) is 0 Å². The van der Waals surface area contributed by atoms with Gasteiger partial charge in [-0.1, -0.05) is 35.3 Å². The molecule has 0 spiro atoms. The van der Waals surface area contributed by atoms with Gasteiger partial charge in [0.1, 0.15) is 0 Å². The maximum Gasteiger partial charge on any atom is 0.258 e. The average molecular weight is 376 g/mol. The van der Waals surface area contributed by atoms with Crippen LogP contribution in [0.2, 0.25) is 10.0 Å². The molecule has 5 heteroatoms. The highest BCUT2D eigenvalue weighted by Gasteiger charge is 2.18. The Morgan fingerprint density at radius 1 is 0.875 bits per heavy atom. The van der Waals surface area contributed by atoms with E-state index < -0.39 is 5.91 Å². The number of primary amides is 1. The molecule has 0 aliphatic carbocycles. The molecule has 0 aliphatic rings. The summed E-state index contributed by atoms with van der Waals surface area (Å²) in [5.74, 6) is -0.425. The fourth-order valence-electron chi connectivity index (χ4n) is 2.72. The minimum atomic E-state index is -0.425. The van der Waals surface area contributed by atoms with Crippen LogP contribution in [0.4, 0.5) is 0 Å². The van der Waals surface area contributed by atoms with E-state index in [0.29, 0.717) is 14.9 Å². The second-order valence-electron chi connectivity index (χ2n) is 5.64. The smallest absolute Gasteiger partial charge is 0.258 e. The predicted molar refractivity (Wildman–Crippen MR) is 103 cm³/mol. The van der Waals surface area contributed by atoms with Crippen LogP contribution in [-0.4, -0.2) is 5.91 Å². The van der Waals surface area contributed by atoms with Crippen molar-refractivity contribution in [1.82, 2.24) is 0 Å². The van der Waals surface area contributed by atoms with Crippen molar-refractivity contribution in [3.8, 4) is 21.6 Å². The highest BCUT2D eigenvalue weighted by Crippen LogP contribution is 2.42. The van der Waals surface area contributed by atoms with Gasteiger partial charge in [-0.05, 0) is 66.4 Å². The molecule has 24 heavy (non-hydrogen) atoms. The number of nitrogens with two attached hydrogens (primary N) is 1. The number of hydrogen-bond acceptors (Lipinski definition) is 2. The summed E-state index contributed by atoms with van der Waals surface area (Å²) in [7, 11) is 0. The number of aryl methyl sites for hydroxylation is 2. The van der Waals surface area contributed by atoms with E-state index in [1.54, 1.807) is 0 Å². The SMILES string of the molecule is Cc1cc(Cl)ccc1-c1cc(C(N)=O)sc1-c1ccc(Cl)cc1C. The van der Waals surface area contributed by atoms with Crippen LogP contribution in [0.3, 0.4) is 0 Å². The topological polar surface area (TPSA) is 43.1 Å². The van der Waals surface area contributed by atoms with Gasteiger partial charge in [0.25, 0.3) is 5.91 Å². The van der Waals surface area contributed by atoms with E-state index in [1.165, 1.54) is 11.3 Å². The highest BCUT2D eigenvalue weighted by molar-refractivity contribution is 7.18. The first-order chi connectivity index (χ1) is 11.4. The van der Waals surface area contributed by atoms with Crippen molar-refractivity contribution >= 4 is 40.4 Å². The van der Waals surface area contributed by atoms with E-state index in [9.17, 15) is 4.79 Å². The number of carbonyl (C=O) groups is 1. The summed E-state index contributed by atoms with van der Waals surface area (Å²) in [6, 6.07) is 13.3. The molecule has 0 atom stereocenters. The first-order valence-electron chi connectivity index (χ1n) is 7.33. The lowest BCUT2D eigenvalue weighted by atomic mass is 9.96. The van der Waals surface area contributed by atoms with Crippen molar-refractivity contribution in [2.75, 3.05) is 0 Å². The van der Waals surface area contributed by atoms with Gasteiger partial charge in [-0.3, -0.25) is 4.79 Å². The second-order valence-corrected chi connectivity index (χ2v) is 7.56. The molecule has 1 amide bonds. The Hall–Kier alpha value is -1.81. The Bertz CT molecular complexity index is 878. The fourth-order valence-corrected chi connectivity index (χ4v) is 4.29. The van der Waals surface area contributed by atoms with Gasteiger partial charge in [0.2, 0.25) is 0 Å². The fraction of sp³-hybridized carbons (Fsp3) is 0.105. The van der Waals surface area contributed by atoms with Crippen LogP contribution in [-0.2, 0) is 0 Å². The molecule has 0 saturated carbocycles. The Morgan fingerprint density at radius 3 is 1.92 bits per heavy atom. The van der Waals surface area contributed by atoms with E-state index in [1.807, 2.05) is 56.3 Å². The summed E-state index contributed by atoms with van der Waals surface area (Å²) < 4.78 is 0. The second kappa shape index (κ2) is 6.60. The molecule has 3 aromatic rings. The number of carbonyl (C=O) groups excluding carboxylic acids is 1. The Balaban J connectivity index is 2.27. The van der Waals surface area contributed by atoms with Crippen LogP contribution in [0.15, 0.2) is 42.5 Å². The zero-order valence-corrected chi connectivity index (χ0v) is 15.5. The maximum absolute atomic E-state index is 11.7. The van der Waals surface area contributed by atoms with E-state index in [0.717, 1.165) is 32.7 Å². The number of thiophene rings is 1. The highest BCUT2D eigenvalue weighted by atomic mass is 35.5. The van der Waals surface area contributed by atoms with Crippen molar-refractivity contribution in [3.05, 3.63) is 68.5 Å². The lowest BCUT2D eigenvalue weighted by Crippen LogP contribution is -2.08. The van der Waals surface area contributed by atoms with Gasteiger partial charge in [0.05, 0.1) is 4.88 Å². The van der Waals surface area contributed by atoms with Gasteiger partial charge in [0, 0.05) is 20.5 Å². The third-order valence-corrected chi connectivity index (χ3v) is 5.54. The quantitative estimate of drug-likeness (QED) is 0.589. The molecule has 0 aliphatic heterocycles. The monoisotopic (exact) mass is 375 g/mol. The average Bonchev–Trinajstić information content (AvgIpc) is 2.92. The Morgan fingerprint density at radius 2 is 1.42 bits per heavy atom. The van der Waals surface area contributed by atoms with Crippen molar-refractivity contribution in [2.24, 2.45) is 5.73 Å². The van der Waals surface area contributed by atoms with Crippen molar-refractivity contribution in [1.29, 1.82) is 0 Å². The van der Waals surface area contributed by atoms with Crippen LogP contribution in [0.5, 0.6) is 0 Å². The van der Waals surface area contributed by atoms with Crippen LogP contribution in [0.1, 0.15) is 20.8 Å².